The van der Waals surface area contributed by atoms with Crippen LogP contribution in [0, 0.1) is 5.41 Å². The smallest absolute Gasteiger partial charge is 0.227 e. The van der Waals surface area contributed by atoms with Gasteiger partial charge in [-0.1, -0.05) is 28.5 Å². The quantitative estimate of drug-likeness (QED) is 0.757. The molecule has 1 aliphatic heterocycles. The van der Waals surface area contributed by atoms with Gasteiger partial charge in [0, 0.05) is 17.5 Å². The first-order chi connectivity index (χ1) is 7.62. The molecule has 1 rings (SSSR count). The first-order valence-electron chi connectivity index (χ1n) is 5.66. The van der Waals surface area contributed by atoms with Gasteiger partial charge in [0.15, 0.2) is 0 Å². The second kappa shape index (κ2) is 7.07. The van der Waals surface area contributed by atoms with Crippen LogP contribution >= 0.6 is 33.3 Å². The highest BCUT2D eigenvalue weighted by Crippen LogP contribution is 2.43. The number of hydrogen-bond acceptors (Lipinski definition) is 4. The molecule has 1 heterocycles. The van der Waals surface area contributed by atoms with Crippen molar-refractivity contribution < 1.29 is 4.79 Å². The average Bonchev–Trinajstić information content (AvgIpc) is 2.72. The van der Waals surface area contributed by atoms with Crippen LogP contribution in [0.2, 0.25) is 0 Å². The summed E-state index contributed by atoms with van der Waals surface area (Å²) in [5.74, 6) is 3.27. The topological polar surface area (TPSA) is 29.1 Å². The Morgan fingerprint density at radius 1 is 1.50 bits per heavy atom. The Labute approximate surface area is 111 Å². The molecule has 1 fully saturated rings. The minimum absolute atomic E-state index is 0.151. The van der Waals surface area contributed by atoms with Crippen LogP contribution in [0.15, 0.2) is 0 Å². The van der Waals surface area contributed by atoms with Gasteiger partial charge < -0.3 is 5.32 Å². The van der Waals surface area contributed by atoms with Gasteiger partial charge in [-0.2, -0.15) is 11.8 Å². The third kappa shape index (κ3) is 4.08. The van der Waals surface area contributed by atoms with Crippen LogP contribution in [0.1, 0.15) is 26.7 Å². The highest BCUT2D eigenvalue weighted by molar-refractivity contribution is 8.77. The molecule has 1 aliphatic rings. The first-order valence-corrected chi connectivity index (χ1v) is 9.55. The number of nitrogens with one attached hydrogen (secondary N) is 1. The molecule has 94 valence electrons. The van der Waals surface area contributed by atoms with Crippen molar-refractivity contribution in [1.82, 2.24) is 5.32 Å². The average molecular weight is 279 g/mol. The van der Waals surface area contributed by atoms with Gasteiger partial charge in [-0.05, 0) is 31.8 Å². The molecule has 1 atom stereocenters. The predicted octanol–water partition coefficient (Wildman–Crippen LogP) is 3.04. The molecular weight excluding hydrogens is 258 g/mol. The zero-order chi connectivity index (χ0) is 12.0. The van der Waals surface area contributed by atoms with E-state index in [-0.39, 0.29) is 11.3 Å². The zero-order valence-electron chi connectivity index (χ0n) is 10.2. The maximum absolute atomic E-state index is 12.2. The van der Waals surface area contributed by atoms with E-state index in [2.05, 4.69) is 25.4 Å². The van der Waals surface area contributed by atoms with E-state index in [0.717, 1.165) is 30.1 Å². The van der Waals surface area contributed by atoms with Gasteiger partial charge in [0.25, 0.3) is 0 Å². The van der Waals surface area contributed by atoms with Crippen molar-refractivity contribution in [3.63, 3.8) is 0 Å². The Morgan fingerprint density at radius 2 is 2.12 bits per heavy atom. The molecule has 1 amide bonds. The summed E-state index contributed by atoms with van der Waals surface area (Å²) in [5.41, 5.74) is -0.151. The van der Waals surface area contributed by atoms with E-state index >= 15 is 0 Å². The Kier molecular flexibility index (Phi) is 6.44. The van der Waals surface area contributed by atoms with Crippen LogP contribution in [0.5, 0.6) is 0 Å². The minimum atomic E-state index is -0.151. The Morgan fingerprint density at radius 3 is 2.62 bits per heavy atom. The van der Waals surface area contributed by atoms with Crippen LogP contribution in [0.4, 0.5) is 0 Å². The van der Waals surface area contributed by atoms with E-state index in [0.29, 0.717) is 6.04 Å². The molecule has 0 radical (unpaired) electrons. The van der Waals surface area contributed by atoms with Crippen LogP contribution < -0.4 is 5.32 Å². The molecule has 5 heteroatoms. The summed E-state index contributed by atoms with van der Waals surface area (Å²) < 4.78 is 0. The highest BCUT2D eigenvalue weighted by atomic mass is 33.1. The summed E-state index contributed by atoms with van der Waals surface area (Å²) in [6.45, 7) is 4.22. The molecule has 1 unspecified atom stereocenters. The molecule has 1 saturated heterocycles. The van der Waals surface area contributed by atoms with Crippen LogP contribution in [0.3, 0.4) is 0 Å². The lowest BCUT2D eigenvalue weighted by Gasteiger charge is -2.25. The largest absolute Gasteiger partial charge is 0.353 e. The van der Waals surface area contributed by atoms with Crippen molar-refractivity contribution in [1.29, 1.82) is 0 Å². The number of amides is 1. The summed E-state index contributed by atoms with van der Waals surface area (Å²) >= 11 is 1.84. The van der Waals surface area contributed by atoms with Gasteiger partial charge in [0.1, 0.15) is 0 Å². The molecule has 1 N–H and O–H groups in total. The van der Waals surface area contributed by atoms with Crippen molar-refractivity contribution >= 4 is 39.3 Å². The summed E-state index contributed by atoms with van der Waals surface area (Å²) in [5, 5.41) is 3.20. The molecule has 0 saturated carbocycles. The van der Waals surface area contributed by atoms with Crippen molar-refractivity contribution in [2.75, 3.05) is 23.5 Å². The molecule has 0 spiro atoms. The maximum atomic E-state index is 12.2. The van der Waals surface area contributed by atoms with Gasteiger partial charge in [0.2, 0.25) is 5.91 Å². The molecule has 16 heavy (non-hydrogen) atoms. The van der Waals surface area contributed by atoms with Crippen LogP contribution in [-0.2, 0) is 4.79 Å². The second-order valence-corrected chi connectivity index (χ2v) is 7.89. The molecule has 0 aromatic rings. The lowest BCUT2D eigenvalue weighted by atomic mass is 9.94. The minimum Gasteiger partial charge on any atom is -0.353 e. The van der Waals surface area contributed by atoms with E-state index in [1.54, 1.807) is 0 Å². The SMILES string of the molecule is CCC(CCSC)NC(=O)C1(C)CSSC1. The fourth-order valence-corrected chi connectivity index (χ4v) is 5.38. The zero-order valence-corrected chi connectivity index (χ0v) is 12.7. The van der Waals surface area contributed by atoms with E-state index in [1.807, 2.05) is 33.3 Å². The molecule has 0 aromatic carbocycles. The fourth-order valence-electron chi connectivity index (χ4n) is 1.51. The third-order valence-electron chi connectivity index (χ3n) is 2.88. The highest BCUT2D eigenvalue weighted by Gasteiger charge is 2.38. The summed E-state index contributed by atoms with van der Waals surface area (Å²) in [6.07, 6.45) is 4.22. The van der Waals surface area contributed by atoms with Gasteiger partial charge in [-0.25, -0.2) is 0 Å². The third-order valence-corrected chi connectivity index (χ3v) is 6.41. The monoisotopic (exact) mass is 279 g/mol. The lowest BCUT2D eigenvalue weighted by molar-refractivity contribution is -0.128. The number of carbonyl (C=O) groups is 1. The van der Waals surface area contributed by atoms with E-state index < -0.39 is 0 Å². The normalized spacial score (nSPS) is 20.7. The number of hydrogen-bond donors (Lipinski definition) is 1. The Bertz CT molecular complexity index is 229. The van der Waals surface area contributed by atoms with Gasteiger partial charge >= 0.3 is 0 Å². The van der Waals surface area contributed by atoms with Crippen LogP contribution in [-0.4, -0.2) is 35.5 Å². The number of thioether (sulfide) groups is 1. The summed E-state index contributed by atoms with van der Waals surface area (Å²) in [7, 11) is 3.63. The van der Waals surface area contributed by atoms with Gasteiger partial charge in [0.05, 0.1) is 5.41 Å². The molecular formula is C11H21NOS3. The number of carbonyl (C=O) groups excluding carboxylic acids is 1. The predicted molar refractivity (Wildman–Crippen MR) is 78.2 cm³/mol. The van der Waals surface area contributed by atoms with Crippen molar-refractivity contribution in [2.45, 2.75) is 32.7 Å². The van der Waals surface area contributed by atoms with Gasteiger partial charge in [-0.15, -0.1) is 0 Å². The van der Waals surface area contributed by atoms with Crippen molar-refractivity contribution in [3.05, 3.63) is 0 Å². The Balaban J connectivity index is 2.41. The molecule has 0 aromatic heterocycles. The summed E-state index contributed by atoms with van der Waals surface area (Å²) in [6, 6.07) is 0.354. The van der Waals surface area contributed by atoms with E-state index in [1.165, 1.54) is 0 Å². The van der Waals surface area contributed by atoms with E-state index in [9.17, 15) is 4.79 Å². The Hall–Kier alpha value is 0.520. The fraction of sp³-hybridized carbons (Fsp3) is 0.909. The lowest BCUT2D eigenvalue weighted by Crippen LogP contribution is -2.45. The van der Waals surface area contributed by atoms with Gasteiger partial charge in [-0.3, -0.25) is 4.79 Å². The molecule has 2 nitrogen and oxygen atoms in total. The van der Waals surface area contributed by atoms with Crippen molar-refractivity contribution in [3.8, 4) is 0 Å². The van der Waals surface area contributed by atoms with Crippen molar-refractivity contribution in [2.24, 2.45) is 5.41 Å². The molecule has 0 aliphatic carbocycles. The second-order valence-electron chi connectivity index (χ2n) is 4.45. The van der Waals surface area contributed by atoms with Crippen LogP contribution in [0.25, 0.3) is 0 Å². The molecule has 0 bridgehead atoms. The first kappa shape index (κ1) is 14.6. The maximum Gasteiger partial charge on any atom is 0.227 e. The number of rotatable bonds is 6. The van der Waals surface area contributed by atoms with E-state index in [4.69, 9.17) is 0 Å². The summed E-state index contributed by atoms with van der Waals surface area (Å²) in [4.78, 5) is 12.2. The standard InChI is InChI=1S/C11H21NOS3/c1-4-9(5-6-14-3)12-10(13)11(2)7-15-16-8-11/h9H,4-8H2,1-3H3,(H,12,13).